The molecule has 0 fully saturated rings. The van der Waals surface area contributed by atoms with E-state index in [4.69, 9.17) is 9.15 Å². The lowest BCUT2D eigenvalue weighted by Gasteiger charge is -2.14. The molecule has 1 aliphatic carbocycles. The van der Waals surface area contributed by atoms with Gasteiger partial charge in [0.05, 0.1) is 30.2 Å². The predicted molar refractivity (Wildman–Crippen MR) is 157 cm³/mol. The average molecular weight is 612 g/mol. The summed E-state index contributed by atoms with van der Waals surface area (Å²) in [5.74, 6) is -1.05. The van der Waals surface area contributed by atoms with E-state index in [1.54, 1.807) is 42.7 Å². The molecular formula is C29H30FN5O5S2. The normalized spacial score (nSPS) is 13.6. The van der Waals surface area contributed by atoms with E-state index in [2.05, 4.69) is 20.8 Å². The van der Waals surface area contributed by atoms with Crippen molar-refractivity contribution < 1.29 is 27.9 Å². The molecule has 1 atom stereocenters. The van der Waals surface area contributed by atoms with Crippen LogP contribution in [-0.4, -0.2) is 44.4 Å². The Morgan fingerprint density at radius 1 is 1.14 bits per heavy atom. The highest BCUT2D eigenvalue weighted by atomic mass is 32.2. The number of halogens is 1. The largest absolute Gasteiger partial charge is 0.462 e. The molecule has 0 aliphatic heterocycles. The second-order valence-electron chi connectivity index (χ2n) is 9.61. The zero-order valence-electron chi connectivity index (χ0n) is 23.1. The van der Waals surface area contributed by atoms with Crippen molar-refractivity contribution in [2.24, 2.45) is 0 Å². The Bertz CT molecular complexity index is 1570. The van der Waals surface area contributed by atoms with Gasteiger partial charge in [0.1, 0.15) is 10.8 Å². The minimum atomic E-state index is -0.643. The number of thiophene rings is 1. The third-order valence-electron chi connectivity index (χ3n) is 6.73. The van der Waals surface area contributed by atoms with Crippen LogP contribution in [0.4, 0.5) is 9.39 Å². The van der Waals surface area contributed by atoms with Gasteiger partial charge in [0.2, 0.25) is 5.91 Å². The summed E-state index contributed by atoms with van der Waals surface area (Å²) in [6, 6.07) is 8.90. The van der Waals surface area contributed by atoms with Crippen molar-refractivity contribution in [3.63, 3.8) is 0 Å². The van der Waals surface area contributed by atoms with E-state index in [1.807, 2.05) is 0 Å². The van der Waals surface area contributed by atoms with E-state index in [-0.39, 0.29) is 24.8 Å². The molecule has 0 unspecified atom stereocenters. The van der Waals surface area contributed by atoms with Crippen molar-refractivity contribution in [3.8, 4) is 5.69 Å². The lowest BCUT2D eigenvalue weighted by atomic mass is 10.1. The number of thioether (sulfide) groups is 1. The first-order valence-corrected chi connectivity index (χ1v) is 15.4. The number of aryl methyl sites for hydroxylation is 1. The van der Waals surface area contributed by atoms with Crippen LogP contribution in [0.1, 0.15) is 70.3 Å². The summed E-state index contributed by atoms with van der Waals surface area (Å²) in [5, 5.41) is 14.4. The van der Waals surface area contributed by atoms with E-state index < -0.39 is 22.9 Å². The first-order valence-electron chi connectivity index (χ1n) is 13.7. The van der Waals surface area contributed by atoms with Crippen molar-refractivity contribution in [1.29, 1.82) is 0 Å². The van der Waals surface area contributed by atoms with Crippen LogP contribution in [0.3, 0.4) is 0 Å². The second kappa shape index (κ2) is 13.3. The van der Waals surface area contributed by atoms with E-state index in [1.165, 1.54) is 29.7 Å². The van der Waals surface area contributed by atoms with Gasteiger partial charge >= 0.3 is 5.97 Å². The number of hydrogen-bond donors (Lipinski definition) is 2. The van der Waals surface area contributed by atoms with Crippen molar-refractivity contribution in [2.75, 3.05) is 11.9 Å². The fourth-order valence-electron chi connectivity index (χ4n) is 4.67. The highest BCUT2D eigenvalue weighted by Crippen LogP contribution is 2.38. The highest BCUT2D eigenvalue weighted by molar-refractivity contribution is 8.00. The number of amides is 2. The Hall–Kier alpha value is -3.97. The number of nitrogens with one attached hydrogen (secondary N) is 2. The average Bonchev–Trinajstić information content (AvgIpc) is 3.69. The zero-order valence-corrected chi connectivity index (χ0v) is 24.8. The lowest BCUT2D eigenvalue weighted by molar-refractivity contribution is -0.115. The minimum absolute atomic E-state index is 0.00863. The molecule has 0 saturated heterocycles. The quantitative estimate of drug-likeness (QED) is 0.136. The maximum atomic E-state index is 13.7. The van der Waals surface area contributed by atoms with E-state index >= 15 is 0 Å². The van der Waals surface area contributed by atoms with Gasteiger partial charge in [-0.25, -0.2) is 9.18 Å². The molecule has 0 radical (unpaired) electrons. The molecular weight excluding hydrogens is 581 g/mol. The van der Waals surface area contributed by atoms with Crippen LogP contribution >= 0.6 is 23.1 Å². The minimum Gasteiger partial charge on any atom is -0.462 e. The van der Waals surface area contributed by atoms with Gasteiger partial charge < -0.3 is 19.8 Å². The third kappa shape index (κ3) is 6.57. The molecule has 4 aromatic rings. The Balaban J connectivity index is 1.37. The molecule has 0 spiro atoms. The zero-order chi connectivity index (χ0) is 29.6. The summed E-state index contributed by atoms with van der Waals surface area (Å²) in [6.45, 7) is 3.74. The first-order chi connectivity index (χ1) is 20.4. The van der Waals surface area contributed by atoms with Gasteiger partial charge in [-0.2, -0.15) is 0 Å². The number of anilines is 1. The number of nitrogens with zero attached hydrogens (tertiary/aromatic N) is 3. The van der Waals surface area contributed by atoms with Crippen LogP contribution in [0.25, 0.3) is 5.69 Å². The molecule has 2 N–H and O–H groups in total. The van der Waals surface area contributed by atoms with E-state index in [0.29, 0.717) is 27.2 Å². The van der Waals surface area contributed by atoms with Crippen molar-refractivity contribution in [3.05, 3.63) is 76.1 Å². The summed E-state index contributed by atoms with van der Waals surface area (Å²) in [4.78, 5) is 39.9. The molecule has 13 heteroatoms. The second-order valence-corrected chi connectivity index (χ2v) is 12.0. The number of ether oxygens (including phenoxy) is 1. The van der Waals surface area contributed by atoms with Gasteiger partial charge in [-0.1, -0.05) is 18.2 Å². The highest BCUT2D eigenvalue weighted by Gasteiger charge is 2.29. The number of furan rings is 1. The fourth-order valence-corrected chi connectivity index (χ4v) is 6.84. The summed E-state index contributed by atoms with van der Waals surface area (Å²) in [6.07, 6.45) is 6.17. The molecule has 2 amide bonds. The molecule has 3 heterocycles. The molecule has 5 rings (SSSR count). The van der Waals surface area contributed by atoms with Crippen LogP contribution in [0.5, 0.6) is 0 Å². The van der Waals surface area contributed by atoms with Gasteiger partial charge in [0, 0.05) is 10.6 Å². The first kappa shape index (κ1) is 29.5. The lowest BCUT2D eigenvalue weighted by Crippen LogP contribution is -2.25. The molecule has 10 nitrogen and oxygen atoms in total. The topological polar surface area (TPSA) is 128 Å². The smallest absolute Gasteiger partial charge is 0.341 e. The number of aromatic nitrogens is 3. The predicted octanol–water partition coefficient (Wildman–Crippen LogP) is 5.56. The standard InChI is InChI=1S/C29H30FN5O5S2/c1-3-39-28(38)24-20-8-5-4-6-10-22(20)42-27(24)32-25(36)17(2)41-29-34-33-23(16-31-26(37)21-9-7-15-40-21)35(29)19-13-11-18(30)12-14-19/h7,9,11-15,17H,3-6,8,10,16H2,1-2H3,(H,31,37)(H,32,36)/t17-/m1/s1. The van der Waals surface area contributed by atoms with Crippen molar-refractivity contribution in [1.82, 2.24) is 20.1 Å². The number of benzene rings is 1. The summed E-state index contributed by atoms with van der Waals surface area (Å²) in [7, 11) is 0. The molecule has 0 saturated carbocycles. The number of fused-ring (bicyclic) bond motifs is 1. The summed E-state index contributed by atoms with van der Waals surface area (Å²) >= 11 is 2.59. The Morgan fingerprint density at radius 2 is 1.93 bits per heavy atom. The number of esters is 1. The van der Waals surface area contributed by atoms with Gasteiger partial charge in [-0.05, 0) is 81.5 Å². The summed E-state index contributed by atoms with van der Waals surface area (Å²) in [5.41, 5.74) is 1.99. The Labute approximate surface area is 250 Å². The molecule has 0 bridgehead atoms. The van der Waals surface area contributed by atoms with Gasteiger partial charge in [0.15, 0.2) is 16.7 Å². The van der Waals surface area contributed by atoms with Crippen LogP contribution in [0.15, 0.2) is 52.2 Å². The number of carbonyl (C=O) groups is 3. The molecule has 3 aromatic heterocycles. The fraction of sp³-hybridized carbons (Fsp3) is 0.345. The Kier molecular flexibility index (Phi) is 9.38. The van der Waals surface area contributed by atoms with Crippen LogP contribution in [0.2, 0.25) is 0 Å². The molecule has 42 heavy (non-hydrogen) atoms. The van der Waals surface area contributed by atoms with Gasteiger partial charge in [0.25, 0.3) is 5.91 Å². The van der Waals surface area contributed by atoms with Crippen LogP contribution in [-0.2, 0) is 28.9 Å². The monoisotopic (exact) mass is 611 g/mol. The third-order valence-corrected chi connectivity index (χ3v) is 8.98. The maximum Gasteiger partial charge on any atom is 0.341 e. The van der Waals surface area contributed by atoms with E-state index in [0.717, 1.165) is 54.3 Å². The van der Waals surface area contributed by atoms with Crippen LogP contribution in [0, 0.1) is 5.82 Å². The molecule has 220 valence electrons. The number of carbonyl (C=O) groups excluding carboxylic acids is 3. The van der Waals surface area contributed by atoms with Crippen molar-refractivity contribution >= 4 is 45.9 Å². The van der Waals surface area contributed by atoms with E-state index in [9.17, 15) is 18.8 Å². The van der Waals surface area contributed by atoms with Gasteiger partial charge in [-0.15, -0.1) is 21.5 Å². The Morgan fingerprint density at radius 3 is 2.67 bits per heavy atom. The molecule has 1 aliphatic rings. The maximum absolute atomic E-state index is 13.7. The summed E-state index contributed by atoms with van der Waals surface area (Å²) < 4.78 is 25.9. The number of hydrogen-bond acceptors (Lipinski definition) is 9. The van der Waals surface area contributed by atoms with Gasteiger partial charge in [-0.3, -0.25) is 14.2 Å². The molecule has 1 aromatic carbocycles. The van der Waals surface area contributed by atoms with Crippen LogP contribution < -0.4 is 10.6 Å². The SMILES string of the molecule is CCOC(=O)c1c(NC(=O)[C@@H](C)Sc2nnc(CNC(=O)c3ccco3)n2-c2ccc(F)cc2)sc2c1CCCCC2. The van der Waals surface area contributed by atoms with Crippen molar-refractivity contribution in [2.45, 2.75) is 62.9 Å². The number of rotatable bonds is 10.